The van der Waals surface area contributed by atoms with Crippen LogP contribution in [0.15, 0.2) is 72.8 Å². The fourth-order valence-corrected chi connectivity index (χ4v) is 5.76. The third-order valence-corrected chi connectivity index (χ3v) is 8.17. The van der Waals surface area contributed by atoms with Gasteiger partial charge in [0.1, 0.15) is 25.0 Å². The van der Waals surface area contributed by atoms with Crippen molar-refractivity contribution < 1.29 is 28.7 Å². The zero-order chi connectivity index (χ0) is 32.9. The molecule has 0 bridgehead atoms. The zero-order valence-corrected chi connectivity index (χ0v) is 26.5. The number of alkyl carbamates (subject to hydrolysis) is 1. The minimum Gasteiger partial charge on any atom is -0.445 e. The number of aryl methyl sites for hydroxylation is 1. The molecular weight excluding hydrogens is 584 g/mol. The highest BCUT2D eigenvalue weighted by Crippen LogP contribution is 2.21. The number of carbonyl (C=O) groups is 5. The van der Waals surface area contributed by atoms with Crippen molar-refractivity contribution in [1.82, 2.24) is 21.3 Å². The molecule has 0 aromatic heterocycles. The van der Waals surface area contributed by atoms with Crippen LogP contribution in [0.4, 0.5) is 4.79 Å². The molecule has 0 unspecified atom stereocenters. The second kappa shape index (κ2) is 17.1. The third-order valence-electron chi connectivity index (χ3n) is 8.17. The largest absolute Gasteiger partial charge is 0.445 e. The van der Waals surface area contributed by atoms with Gasteiger partial charge in [-0.05, 0) is 66.3 Å². The van der Waals surface area contributed by atoms with Gasteiger partial charge in [0.2, 0.25) is 17.7 Å². The molecule has 10 heteroatoms. The monoisotopic (exact) mass is 628 g/mol. The van der Waals surface area contributed by atoms with Crippen LogP contribution in [0, 0.1) is 11.8 Å². The average Bonchev–Trinajstić information content (AvgIpc) is 3.06. The number of ether oxygens (including phenoxy) is 1. The fraction of sp³-hybridized carbons (Fsp3) is 0.417. The van der Waals surface area contributed by atoms with Gasteiger partial charge >= 0.3 is 6.09 Å². The number of hydrogen-bond donors (Lipinski definition) is 4. The van der Waals surface area contributed by atoms with E-state index in [1.54, 1.807) is 0 Å². The van der Waals surface area contributed by atoms with E-state index < -0.39 is 36.0 Å². The van der Waals surface area contributed by atoms with Crippen LogP contribution >= 0.6 is 0 Å². The van der Waals surface area contributed by atoms with Crippen molar-refractivity contribution in [3.63, 3.8) is 0 Å². The van der Waals surface area contributed by atoms with Crippen molar-refractivity contribution in [3.8, 4) is 0 Å². The normalized spacial score (nSPS) is 16.5. The number of nitrogens with one attached hydrogen (secondary N) is 4. The molecule has 0 spiro atoms. The van der Waals surface area contributed by atoms with Gasteiger partial charge in [0.15, 0.2) is 0 Å². The first-order valence-corrected chi connectivity index (χ1v) is 16.0. The van der Waals surface area contributed by atoms with Crippen LogP contribution in [-0.4, -0.2) is 54.8 Å². The number of carbonyl (C=O) groups excluding carboxylic acids is 5. The Morgan fingerprint density at radius 1 is 0.913 bits per heavy atom. The molecule has 1 aliphatic rings. The molecule has 244 valence electrons. The minimum absolute atomic E-state index is 0.0350. The molecule has 1 aliphatic heterocycles. The summed E-state index contributed by atoms with van der Waals surface area (Å²) in [6.07, 6.45) is 2.56. The van der Waals surface area contributed by atoms with Gasteiger partial charge in [-0.25, -0.2) is 4.79 Å². The van der Waals surface area contributed by atoms with E-state index in [2.05, 4.69) is 21.3 Å². The first-order valence-electron chi connectivity index (χ1n) is 16.0. The van der Waals surface area contributed by atoms with Crippen LogP contribution < -0.4 is 21.3 Å². The lowest BCUT2D eigenvalue weighted by molar-refractivity contribution is -0.132. The number of rotatable bonds is 15. The molecule has 1 heterocycles. The molecule has 4 atom stereocenters. The highest BCUT2D eigenvalue weighted by molar-refractivity contribution is 5.92. The maximum absolute atomic E-state index is 13.8. The summed E-state index contributed by atoms with van der Waals surface area (Å²) in [7, 11) is 0. The van der Waals surface area contributed by atoms with E-state index >= 15 is 0 Å². The Morgan fingerprint density at radius 3 is 2.37 bits per heavy atom. The first kappa shape index (κ1) is 34.1. The van der Waals surface area contributed by atoms with E-state index in [4.69, 9.17) is 4.74 Å². The summed E-state index contributed by atoms with van der Waals surface area (Å²) < 4.78 is 5.42. The van der Waals surface area contributed by atoms with Crippen molar-refractivity contribution >= 4 is 40.9 Å². The van der Waals surface area contributed by atoms with E-state index in [-0.39, 0.29) is 37.2 Å². The van der Waals surface area contributed by atoms with Crippen molar-refractivity contribution in [2.45, 2.75) is 77.1 Å². The summed E-state index contributed by atoms with van der Waals surface area (Å²) in [6.45, 7) is 4.49. The molecule has 10 nitrogen and oxygen atoms in total. The molecule has 0 radical (unpaired) electrons. The summed E-state index contributed by atoms with van der Waals surface area (Å²) in [5.41, 5.74) is 1.82. The van der Waals surface area contributed by atoms with Gasteiger partial charge in [0.05, 0.1) is 6.04 Å². The number of piperidine rings is 1. The second-order valence-corrected chi connectivity index (χ2v) is 12.2. The van der Waals surface area contributed by atoms with E-state index in [0.29, 0.717) is 32.1 Å². The molecule has 3 aromatic rings. The van der Waals surface area contributed by atoms with Crippen molar-refractivity contribution in [3.05, 3.63) is 83.9 Å². The number of benzene rings is 3. The average molecular weight is 629 g/mol. The fourth-order valence-electron chi connectivity index (χ4n) is 5.76. The van der Waals surface area contributed by atoms with Crippen molar-refractivity contribution in [2.24, 2.45) is 11.8 Å². The van der Waals surface area contributed by atoms with Gasteiger partial charge in [0, 0.05) is 12.5 Å². The third kappa shape index (κ3) is 10.2. The van der Waals surface area contributed by atoms with Crippen LogP contribution in [-0.2, 0) is 36.9 Å². The van der Waals surface area contributed by atoms with Gasteiger partial charge in [-0.3, -0.25) is 14.4 Å². The lowest BCUT2D eigenvalue weighted by Gasteiger charge is -2.27. The lowest BCUT2D eigenvalue weighted by Crippen LogP contribution is -2.56. The summed E-state index contributed by atoms with van der Waals surface area (Å²) in [6, 6.07) is 20.3. The van der Waals surface area contributed by atoms with Gasteiger partial charge in [0.25, 0.3) is 0 Å². The molecule has 46 heavy (non-hydrogen) atoms. The Morgan fingerprint density at radius 2 is 1.63 bits per heavy atom. The SMILES string of the molecule is CC(C)C[C@H](NC(=O)[C@H](CCc1cccc2ccccc12)NC(=O)OCc1ccccc1)C(=O)N[C@H](C=O)C[C@@H]1CCCNC1=O. The van der Waals surface area contributed by atoms with Crippen LogP contribution in [0.3, 0.4) is 0 Å². The molecule has 4 N–H and O–H groups in total. The van der Waals surface area contributed by atoms with Gasteiger partial charge in [-0.15, -0.1) is 0 Å². The summed E-state index contributed by atoms with van der Waals surface area (Å²) in [4.78, 5) is 64.2. The molecule has 1 fully saturated rings. The topological polar surface area (TPSA) is 143 Å². The van der Waals surface area contributed by atoms with Crippen molar-refractivity contribution in [1.29, 1.82) is 0 Å². The standard InChI is InChI=1S/C36H44N4O6/c1-24(2)20-32(35(44)38-29(22-41)21-28-15-9-19-37-33(28)42)39-34(43)31(40-36(45)46-23-25-10-4-3-5-11-25)18-17-27-14-8-13-26-12-6-7-16-30(26)27/h3-8,10-14,16,22,24,28-29,31-32H,9,15,17-21,23H2,1-2H3,(H,37,42)(H,38,44)(H,39,43)(H,40,45)/t28-,29-,31-,32-/m0/s1. The van der Waals surface area contributed by atoms with E-state index in [1.165, 1.54) is 0 Å². The van der Waals surface area contributed by atoms with Crippen molar-refractivity contribution in [2.75, 3.05) is 6.54 Å². The van der Waals surface area contributed by atoms with Crippen LogP contribution in [0.25, 0.3) is 10.8 Å². The molecule has 4 rings (SSSR count). The number of hydrogen-bond acceptors (Lipinski definition) is 6. The highest BCUT2D eigenvalue weighted by Gasteiger charge is 2.31. The van der Waals surface area contributed by atoms with E-state index in [9.17, 15) is 24.0 Å². The summed E-state index contributed by atoms with van der Waals surface area (Å²) in [5.74, 6) is -1.51. The maximum Gasteiger partial charge on any atom is 0.408 e. The van der Waals surface area contributed by atoms with Gasteiger partial charge in [-0.1, -0.05) is 86.6 Å². The zero-order valence-electron chi connectivity index (χ0n) is 26.5. The predicted molar refractivity (Wildman–Crippen MR) is 176 cm³/mol. The Labute approximate surface area is 270 Å². The Kier molecular flexibility index (Phi) is 12.7. The van der Waals surface area contributed by atoms with Gasteiger partial charge < -0.3 is 30.8 Å². The molecule has 1 saturated heterocycles. The van der Waals surface area contributed by atoms with Crippen LogP contribution in [0.5, 0.6) is 0 Å². The van der Waals surface area contributed by atoms with Crippen LogP contribution in [0.1, 0.15) is 57.1 Å². The van der Waals surface area contributed by atoms with E-state index in [1.807, 2.05) is 86.6 Å². The smallest absolute Gasteiger partial charge is 0.408 e. The Balaban J connectivity index is 1.47. The van der Waals surface area contributed by atoms with E-state index in [0.717, 1.165) is 28.3 Å². The highest BCUT2D eigenvalue weighted by atomic mass is 16.5. The number of amides is 4. The molecular formula is C36H44N4O6. The minimum atomic E-state index is -1.00. The predicted octanol–water partition coefficient (Wildman–Crippen LogP) is 4.20. The second-order valence-electron chi connectivity index (χ2n) is 12.2. The summed E-state index contributed by atoms with van der Waals surface area (Å²) in [5, 5.41) is 13.2. The lowest BCUT2D eigenvalue weighted by atomic mass is 9.91. The van der Waals surface area contributed by atoms with Crippen LogP contribution in [0.2, 0.25) is 0 Å². The molecule has 0 aliphatic carbocycles. The van der Waals surface area contributed by atoms with Gasteiger partial charge in [-0.2, -0.15) is 0 Å². The quantitative estimate of drug-likeness (QED) is 0.186. The molecule has 0 saturated carbocycles. The maximum atomic E-state index is 13.8. The number of fused-ring (bicyclic) bond motifs is 1. The first-order chi connectivity index (χ1) is 22.2. The Hall–Kier alpha value is -4.73. The molecule has 3 aromatic carbocycles. The Bertz CT molecular complexity index is 1490. The molecule has 4 amide bonds. The summed E-state index contributed by atoms with van der Waals surface area (Å²) >= 11 is 0. The number of aldehydes is 1.